The molecule has 1 amide bonds. The smallest absolute Gasteiger partial charge is 0.258 e. The van der Waals surface area contributed by atoms with Crippen LogP contribution in [-0.2, 0) is 0 Å². The van der Waals surface area contributed by atoms with Crippen LogP contribution in [0.25, 0.3) is 0 Å². The summed E-state index contributed by atoms with van der Waals surface area (Å²) in [4.78, 5) is 22.9. The van der Waals surface area contributed by atoms with E-state index < -0.39 is 17.5 Å². The third kappa shape index (κ3) is 4.04. The second-order valence-electron chi connectivity index (χ2n) is 4.85. The molecule has 25 heavy (non-hydrogen) atoms. The van der Waals surface area contributed by atoms with E-state index in [4.69, 9.17) is 11.6 Å². The third-order valence-electron chi connectivity index (χ3n) is 3.14. The van der Waals surface area contributed by atoms with Crippen molar-refractivity contribution in [3.05, 3.63) is 71.4 Å². The van der Waals surface area contributed by atoms with Gasteiger partial charge in [0.1, 0.15) is 0 Å². The van der Waals surface area contributed by atoms with Crippen molar-refractivity contribution in [2.45, 2.75) is 0 Å². The maximum atomic E-state index is 13.6. The number of anilines is 3. The van der Waals surface area contributed by atoms with Crippen LogP contribution < -0.4 is 10.6 Å². The van der Waals surface area contributed by atoms with E-state index in [1.54, 1.807) is 24.3 Å². The highest BCUT2D eigenvalue weighted by atomic mass is 35.5. The molecule has 6 nitrogen and oxygen atoms in total. The molecule has 0 fully saturated rings. The van der Waals surface area contributed by atoms with Crippen LogP contribution in [0.1, 0.15) is 10.4 Å². The van der Waals surface area contributed by atoms with Gasteiger partial charge in [-0.15, -0.1) is 0 Å². The van der Waals surface area contributed by atoms with Gasteiger partial charge in [-0.05, 0) is 41.9 Å². The van der Waals surface area contributed by atoms with Crippen molar-refractivity contribution in [2.75, 3.05) is 10.6 Å². The van der Waals surface area contributed by atoms with Crippen LogP contribution in [0, 0.1) is 11.6 Å². The zero-order chi connectivity index (χ0) is 17.8. The Morgan fingerprint density at radius 3 is 2.44 bits per heavy atom. The summed E-state index contributed by atoms with van der Waals surface area (Å²) in [6, 6.07) is 7.60. The summed E-state index contributed by atoms with van der Waals surface area (Å²) < 4.78 is 27.1. The van der Waals surface area contributed by atoms with Crippen LogP contribution in [0.2, 0.25) is 5.28 Å². The Bertz CT molecular complexity index is 921. The van der Waals surface area contributed by atoms with Gasteiger partial charge in [0.05, 0.1) is 18.0 Å². The predicted octanol–water partition coefficient (Wildman–Crippen LogP) is 3.80. The van der Waals surface area contributed by atoms with E-state index in [1.807, 2.05) is 0 Å². The van der Waals surface area contributed by atoms with Gasteiger partial charge >= 0.3 is 0 Å². The number of hydrogen-bond acceptors (Lipinski definition) is 5. The molecule has 126 valence electrons. The number of carbonyl (C=O) groups excluding carboxylic acids is 1. The molecule has 0 aliphatic carbocycles. The number of nitrogens with one attached hydrogen (secondary N) is 2. The number of hydrogen-bond donors (Lipinski definition) is 2. The van der Waals surface area contributed by atoms with Gasteiger partial charge in [0.2, 0.25) is 5.28 Å². The molecular weight excluding hydrogens is 352 g/mol. The van der Waals surface area contributed by atoms with Gasteiger partial charge in [0.15, 0.2) is 17.5 Å². The molecule has 1 aromatic carbocycles. The lowest BCUT2D eigenvalue weighted by molar-refractivity contribution is 0.102. The summed E-state index contributed by atoms with van der Waals surface area (Å²) in [5, 5.41) is 5.21. The van der Waals surface area contributed by atoms with Gasteiger partial charge in [0.25, 0.3) is 5.91 Å². The Morgan fingerprint density at radius 1 is 1.00 bits per heavy atom. The number of aromatic nitrogens is 3. The van der Waals surface area contributed by atoms with E-state index in [0.29, 0.717) is 11.4 Å². The number of amides is 1. The molecule has 0 unspecified atom stereocenters. The highest BCUT2D eigenvalue weighted by molar-refractivity contribution is 6.28. The first-order valence-electron chi connectivity index (χ1n) is 6.99. The maximum Gasteiger partial charge on any atom is 0.258 e. The second kappa shape index (κ2) is 7.18. The van der Waals surface area contributed by atoms with Crippen molar-refractivity contribution in [1.29, 1.82) is 0 Å². The minimum absolute atomic E-state index is 0.0735. The molecule has 0 saturated carbocycles. The lowest BCUT2D eigenvalue weighted by Crippen LogP contribution is -2.13. The van der Waals surface area contributed by atoms with E-state index in [1.165, 1.54) is 12.3 Å². The van der Waals surface area contributed by atoms with Gasteiger partial charge in [0, 0.05) is 17.6 Å². The second-order valence-corrected chi connectivity index (χ2v) is 5.19. The summed E-state index contributed by atoms with van der Waals surface area (Å²) in [5.41, 5.74) is 0.838. The van der Waals surface area contributed by atoms with Crippen molar-refractivity contribution < 1.29 is 13.6 Å². The molecule has 2 heterocycles. The van der Waals surface area contributed by atoms with Crippen LogP contribution in [0.5, 0.6) is 0 Å². The van der Waals surface area contributed by atoms with E-state index in [2.05, 4.69) is 25.6 Å². The topological polar surface area (TPSA) is 79.8 Å². The summed E-state index contributed by atoms with van der Waals surface area (Å²) in [6.45, 7) is 0. The minimum Gasteiger partial charge on any atom is -0.338 e. The normalized spacial score (nSPS) is 10.4. The van der Waals surface area contributed by atoms with Gasteiger partial charge in [-0.25, -0.2) is 13.8 Å². The van der Waals surface area contributed by atoms with Crippen LogP contribution in [0.15, 0.2) is 48.9 Å². The number of benzene rings is 1. The minimum atomic E-state index is -0.714. The fraction of sp³-hybridized carbons (Fsp3) is 0. The molecule has 0 saturated heterocycles. The lowest BCUT2D eigenvalue weighted by atomic mass is 10.2. The number of rotatable bonds is 4. The molecule has 0 aliphatic rings. The summed E-state index contributed by atoms with van der Waals surface area (Å²) >= 11 is 5.63. The molecule has 3 rings (SSSR count). The molecule has 0 bridgehead atoms. The summed E-state index contributed by atoms with van der Waals surface area (Å²) in [5.74, 6) is -2.05. The Morgan fingerprint density at radius 2 is 1.72 bits per heavy atom. The largest absolute Gasteiger partial charge is 0.338 e. The molecule has 2 aromatic heterocycles. The number of pyridine rings is 1. The molecule has 0 radical (unpaired) electrons. The quantitative estimate of drug-likeness (QED) is 0.691. The highest BCUT2D eigenvalue weighted by Crippen LogP contribution is 2.21. The average molecular weight is 362 g/mol. The molecule has 2 N–H and O–H groups in total. The average Bonchev–Trinajstić information content (AvgIpc) is 2.60. The Labute approximate surface area is 145 Å². The Hall–Kier alpha value is -3.13. The highest BCUT2D eigenvalue weighted by Gasteiger charge is 2.11. The molecule has 0 atom stereocenters. The van der Waals surface area contributed by atoms with E-state index >= 15 is 0 Å². The predicted molar refractivity (Wildman–Crippen MR) is 88.9 cm³/mol. The Balaban J connectivity index is 1.71. The SMILES string of the molecule is O=C(Nc1ccc(Nc2nc(Cl)ncc2F)cc1)c1ccncc1F. The summed E-state index contributed by atoms with van der Waals surface area (Å²) in [6.07, 6.45) is 3.24. The molecule has 0 spiro atoms. The van der Waals surface area contributed by atoms with Gasteiger partial charge < -0.3 is 10.6 Å². The van der Waals surface area contributed by atoms with E-state index in [0.717, 1.165) is 12.4 Å². The van der Waals surface area contributed by atoms with Crippen LogP contribution in [0.3, 0.4) is 0 Å². The first-order valence-corrected chi connectivity index (χ1v) is 7.37. The third-order valence-corrected chi connectivity index (χ3v) is 3.32. The zero-order valence-corrected chi connectivity index (χ0v) is 13.3. The molecular formula is C16H10ClF2N5O. The Kier molecular flexibility index (Phi) is 4.80. The standard InChI is InChI=1S/C16H10ClF2N5O/c17-16-21-8-13(19)14(24-16)22-9-1-3-10(4-2-9)23-15(25)11-5-6-20-7-12(11)18/h1-8H,(H,23,25)(H,21,22,24). The van der Waals surface area contributed by atoms with Crippen LogP contribution in [-0.4, -0.2) is 20.9 Å². The van der Waals surface area contributed by atoms with Crippen molar-refractivity contribution in [2.24, 2.45) is 0 Å². The lowest BCUT2D eigenvalue weighted by Gasteiger charge is -2.09. The van der Waals surface area contributed by atoms with Gasteiger partial charge in [-0.3, -0.25) is 9.78 Å². The van der Waals surface area contributed by atoms with Crippen LogP contribution in [0.4, 0.5) is 26.0 Å². The number of nitrogens with zero attached hydrogens (tertiary/aromatic N) is 3. The maximum absolute atomic E-state index is 13.6. The van der Waals surface area contributed by atoms with Crippen molar-refractivity contribution >= 4 is 34.7 Å². The van der Waals surface area contributed by atoms with Gasteiger partial charge in [-0.2, -0.15) is 4.98 Å². The first kappa shape index (κ1) is 16.7. The van der Waals surface area contributed by atoms with E-state index in [-0.39, 0.29) is 16.7 Å². The van der Waals surface area contributed by atoms with Crippen molar-refractivity contribution in [3.63, 3.8) is 0 Å². The van der Waals surface area contributed by atoms with Gasteiger partial charge in [-0.1, -0.05) is 0 Å². The monoisotopic (exact) mass is 361 g/mol. The number of halogens is 3. The summed E-state index contributed by atoms with van der Waals surface area (Å²) in [7, 11) is 0. The van der Waals surface area contributed by atoms with Crippen LogP contribution >= 0.6 is 11.6 Å². The van der Waals surface area contributed by atoms with Crippen molar-refractivity contribution in [1.82, 2.24) is 15.0 Å². The fourth-order valence-corrected chi connectivity index (χ4v) is 2.10. The number of carbonyl (C=O) groups is 1. The van der Waals surface area contributed by atoms with E-state index in [9.17, 15) is 13.6 Å². The first-order chi connectivity index (χ1) is 12.0. The fourth-order valence-electron chi connectivity index (χ4n) is 1.96. The molecule has 3 aromatic rings. The molecule has 9 heteroatoms. The van der Waals surface area contributed by atoms with Crippen molar-refractivity contribution in [3.8, 4) is 0 Å². The molecule has 0 aliphatic heterocycles. The zero-order valence-electron chi connectivity index (χ0n) is 12.5.